The van der Waals surface area contributed by atoms with Crippen molar-refractivity contribution < 1.29 is 14.7 Å². The summed E-state index contributed by atoms with van der Waals surface area (Å²) in [6, 6.07) is -0.789. The number of nitrogens with zero attached hydrogens (tertiary/aromatic N) is 3. The molecule has 17 heavy (non-hydrogen) atoms. The third-order valence-corrected chi connectivity index (χ3v) is 2.75. The lowest BCUT2D eigenvalue weighted by atomic mass is 10.0. The highest BCUT2D eigenvalue weighted by Crippen LogP contribution is 2.18. The number of amides is 1. The average molecular weight is 239 g/mol. The number of nitrogens with one attached hydrogen (secondary N) is 1. The molecule has 1 aliphatic heterocycles. The molecule has 0 aliphatic carbocycles. The fourth-order valence-electron chi connectivity index (χ4n) is 1.94. The fourth-order valence-corrected chi connectivity index (χ4v) is 1.94. The van der Waals surface area contributed by atoms with Crippen molar-refractivity contribution in [1.82, 2.24) is 20.1 Å². The first-order valence-electron chi connectivity index (χ1n) is 5.31. The number of likely N-dealkylation sites (tertiary alicyclic amines) is 1. The van der Waals surface area contributed by atoms with Crippen LogP contribution in [0.15, 0.2) is 0 Å². The van der Waals surface area contributed by atoms with Crippen LogP contribution in [0.1, 0.15) is 29.9 Å². The van der Waals surface area contributed by atoms with E-state index in [1.807, 2.05) is 0 Å². The summed E-state index contributed by atoms with van der Waals surface area (Å²) in [6.45, 7) is 0.413. The van der Waals surface area contributed by atoms with Gasteiger partial charge in [0.2, 0.25) is 11.8 Å². The zero-order valence-electron chi connectivity index (χ0n) is 9.09. The second-order valence-corrected chi connectivity index (χ2v) is 3.89. The molecule has 0 aromatic carbocycles. The van der Waals surface area contributed by atoms with Gasteiger partial charge in [0.25, 0.3) is 5.91 Å². The van der Waals surface area contributed by atoms with Gasteiger partial charge in [0.05, 0.1) is 0 Å². The van der Waals surface area contributed by atoms with Gasteiger partial charge in [-0.3, -0.25) is 9.89 Å². The minimum atomic E-state index is -0.995. The van der Waals surface area contributed by atoms with Crippen LogP contribution in [-0.4, -0.2) is 49.7 Å². The van der Waals surface area contributed by atoms with Gasteiger partial charge in [0, 0.05) is 6.54 Å². The average Bonchev–Trinajstić information content (AvgIpc) is 2.75. The van der Waals surface area contributed by atoms with Crippen molar-refractivity contribution in [3.05, 3.63) is 5.82 Å². The molecule has 1 amide bonds. The van der Waals surface area contributed by atoms with Crippen LogP contribution in [0.3, 0.4) is 0 Å². The molecule has 0 bridgehead atoms. The number of aromatic amines is 1. The van der Waals surface area contributed by atoms with E-state index in [4.69, 9.17) is 10.8 Å². The van der Waals surface area contributed by atoms with Crippen molar-refractivity contribution >= 4 is 17.8 Å². The Bertz CT molecular complexity index is 444. The molecule has 8 heteroatoms. The van der Waals surface area contributed by atoms with E-state index in [0.29, 0.717) is 13.0 Å². The van der Waals surface area contributed by atoms with Crippen LogP contribution in [0.5, 0.6) is 0 Å². The third-order valence-electron chi connectivity index (χ3n) is 2.75. The second kappa shape index (κ2) is 4.40. The van der Waals surface area contributed by atoms with Gasteiger partial charge in [-0.15, -0.1) is 5.10 Å². The fraction of sp³-hybridized carbons (Fsp3) is 0.556. The van der Waals surface area contributed by atoms with E-state index in [0.717, 1.165) is 12.8 Å². The number of rotatable bonds is 2. The molecule has 92 valence electrons. The largest absolute Gasteiger partial charge is 0.480 e. The van der Waals surface area contributed by atoms with Gasteiger partial charge in [-0.25, -0.2) is 4.79 Å². The molecule has 1 saturated heterocycles. The third kappa shape index (κ3) is 2.19. The van der Waals surface area contributed by atoms with E-state index >= 15 is 0 Å². The number of carbonyl (C=O) groups is 2. The molecule has 1 aromatic rings. The number of hydrogen-bond acceptors (Lipinski definition) is 5. The molecule has 8 nitrogen and oxygen atoms in total. The lowest BCUT2D eigenvalue weighted by Crippen LogP contribution is -2.48. The molecule has 1 aliphatic rings. The Kier molecular flexibility index (Phi) is 2.94. The predicted molar refractivity (Wildman–Crippen MR) is 57.1 cm³/mol. The maximum absolute atomic E-state index is 12.0. The van der Waals surface area contributed by atoms with Crippen molar-refractivity contribution in [1.29, 1.82) is 0 Å². The molecule has 1 atom stereocenters. The summed E-state index contributed by atoms with van der Waals surface area (Å²) in [5.41, 5.74) is 5.30. The maximum atomic E-state index is 12.0. The molecule has 0 spiro atoms. The number of aromatic nitrogens is 3. The maximum Gasteiger partial charge on any atom is 0.326 e. The van der Waals surface area contributed by atoms with Crippen molar-refractivity contribution in [3.8, 4) is 0 Å². The quantitative estimate of drug-likeness (QED) is 0.636. The number of nitrogens with two attached hydrogens (primary N) is 1. The van der Waals surface area contributed by atoms with Gasteiger partial charge in [-0.2, -0.15) is 4.98 Å². The zero-order chi connectivity index (χ0) is 12.4. The van der Waals surface area contributed by atoms with Crippen molar-refractivity contribution in [2.45, 2.75) is 25.3 Å². The standard InChI is InChI=1S/C9H13N5O3/c10-9-11-6(12-13-9)7(15)14-4-2-1-3-5(14)8(16)17/h5H,1-4H2,(H,16,17)(H3,10,11,12,13)/t5-/m0/s1. The number of carboxylic acid groups (broad SMARTS) is 1. The predicted octanol–water partition coefficient (Wildman–Crippen LogP) is -0.534. The van der Waals surface area contributed by atoms with Crippen LogP contribution in [0.2, 0.25) is 0 Å². The molecule has 1 aromatic heterocycles. The normalized spacial score (nSPS) is 20.2. The second-order valence-electron chi connectivity index (χ2n) is 3.89. The SMILES string of the molecule is Nc1n[nH]c(C(=O)N2CCCC[C@H]2C(=O)O)n1. The van der Waals surface area contributed by atoms with Gasteiger partial charge >= 0.3 is 5.97 Å². The Morgan fingerprint density at radius 1 is 1.47 bits per heavy atom. The summed E-state index contributed by atoms with van der Waals surface area (Å²) in [4.78, 5) is 28.0. The van der Waals surface area contributed by atoms with Crippen LogP contribution in [0.25, 0.3) is 0 Å². The highest BCUT2D eigenvalue weighted by atomic mass is 16.4. The monoisotopic (exact) mass is 239 g/mol. The summed E-state index contributed by atoms with van der Waals surface area (Å²) < 4.78 is 0. The summed E-state index contributed by atoms with van der Waals surface area (Å²) in [6.07, 6.45) is 2.06. The summed E-state index contributed by atoms with van der Waals surface area (Å²) >= 11 is 0. The number of aliphatic carboxylic acids is 1. The number of H-pyrrole nitrogens is 1. The topological polar surface area (TPSA) is 125 Å². The first-order valence-corrected chi connectivity index (χ1v) is 5.31. The van der Waals surface area contributed by atoms with E-state index in [2.05, 4.69) is 15.2 Å². The van der Waals surface area contributed by atoms with Crippen molar-refractivity contribution in [2.75, 3.05) is 12.3 Å². The van der Waals surface area contributed by atoms with Gasteiger partial charge in [0.1, 0.15) is 6.04 Å². The Balaban J connectivity index is 2.19. The lowest BCUT2D eigenvalue weighted by molar-refractivity contribution is -0.143. The molecular weight excluding hydrogens is 226 g/mol. The highest BCUT2D eigenvalue weighted by molar-refractivity contribution is 5.93. The zero-order valence-corrected chi connectivity index (χ0v) is 9.09. The molecule has 4 N–H and O–H groups in total. The first kappa shape index (κ1) is 11.4. The Morgan fingerprint density at radius 3 is 2.82 bits per heavy atom. The first-order chi connectivity index (χ1) is 8.09. The molecule has 1 fully saturated rings. The number of nitrogen functional groups attached to an aromatic ring is 1. The van der Waals surface area contributed by atoms with Crippen LogP contribution >= 0.6 is 0 Å². The summed E-state index contributed by atoms with van der Waals surface area (Å²) in [5, 5.41) is 15.0. The van der Waals surface area contributed by atoms with E-state index in [1.54, 1.807) is 0 Å². The lowest BCUT2D eigenvalue weighted by Gasteiger charge is -2.32. The van der Waals surface area contributed by atoms with Crippen LogP contribution in [0.4, 0.5) is 5.95 Å². The Morgan fingerprint density at radius 2 is 2.24 bits per heavy atom. The summed E-state index contributed by atoms with van der Waals surface area (Å²) in [5.74, 6) is -1.51. The van der Waals surface area contributed by atoms with Crippen molar-refractivity contribution in [3.63, 3.8) is 0 Å². The Hall–Kier alpha value is -2.12. The summed E-state index contributed by atoms with van der Waals surface area (Å²) in [7, 11) is 0. The van der Waals surface area contributed by atoms with Gasteiger partial charge < -0.3 is 15.7 Å². The minimum absolute atomic E-state index is 0.0179. The van der Waals surface area contributed by atoms with E-state index in [-0.39, 0.29) is 11.8 Å². The van der Waals surface area contributed by atoms with Crippen LogP contribution in [0, 0.1) is 0 Å². The number of hydrogen-bond donors (Lipinski definition) is 3. The van der Waals surface area contributed by atoms with Crippen LogP contribution in [-0.2, 0) is 4.79 Å². The van der Waals surface area contributed by atoms with Gasteiger partial charge in [-0.05, 0) is 19.3 Å². The van der Waals surface area contributed by atoms with E-state index in [1.165, 1.54) is 4.90 Å². The van der Waals surface area contributed by atoms with E-state index in [9.17, 15) is 9.59 Å². The molecule has 2 heterocycles. The minimum Gasteiger partial charge on any atom is -0.480 e. The molecule has 2 rings (SSSR count). The molecule has 0 radical (unpaired) electrons. The molecule has 0 unspecified atom stereocenters. The van der Waals surface area contributed by atoms with Crippen molar-refractivity contribution in [2.24, 2.45) is 0 Å². The highest BCUT2D eigenvalue weighted by Gasteiger charge is 2.33. The number of carbonyl (C=O) groups excluding carboxylic acids is 1. The molecular formula is C9H13N5O3. The Labute approximate surface area is 96.8 Å². The number of anilines is 1. The number of piperidine rings is 1. The van der Waals surface area contributed by atoms with Crippen LogP contribution < -0.4 is 5.73 Å². The van der Waals surface area contributed by atoms with Gasteiger partial charge in [-0.1, -0.05) is 0 Å². The van der Waals surface area contributed by atoms with Gasteiger partial charge in [0.15, 0.2) is 0 Å². The smallest absolute Gasteiger partial charge is 0.326 e. The number of carboxylic acids is 1. The molecule has 0 saturated carbocycles. The van der Waals surface area contributed by atoms with E-state index < -0.39 is 17.9 Å².